The zero-order valence-electron chi connectivity index (χ0n) is 17.7. The largest absolute Gasteiger partial charge is 0.505 e. The van der Waals surface area contributed by atoms with Crippen LogP contribution in [0, 0.1) is 11.6 Å². The summed E-state index contributed by atoms with van der Waals surface area (Å²) in [6, 6.07) is 10.8. The van der Waals surface area contributed by atoms with Crippen LogP contribution in [0.3, 0.4) is 0 Å². The Labute approximate surface area is 189 Å². The number of rotatable bonds is 7. The smallest absolute Gasteiger partial charge is 0.404 e. The molecule has 166 valence electrons. The molecule has 32 heavy (non-hydrogen) atoms. The Morgan fingerprint density at radius 1 is 1.19 bits per heavy atom. The lowest BCUT2D eigenvalue weighted by molar-refractivity contribution is 0.0951. The number of nitrogens with one attached hydrogen (secondary N) is 2. The van der Waals surface area contributed by atoms with E-state index in [1.807, 2.05) is 26.0 Å². The van der Waals surface area contributed by atoms with Crippen molar-refractivity contribution in [3.63, 3.8) is 0 Å². The average Bonchev–Trinajstić information content (AvgIpc) is 3.39. The SMILES string of the molecule is CC1(C)COB(c2ccc(CNc3ncccc3C(=O)NCc3ccc(F)c(F)c3)s2)O1. The molecule has 0 aliphatic carbocycles. The lowest BCUT2D eigenvalue weighted by atomic mass is 9.88. The van der Waals surface area contributed by atoms with Gasteiger partial charge in [-0.2, -0.15) is 0 Å². The molecule has 1 aliphatic heterocycles. The molecule has 3 heterocycles. The Bertz CT molecular complexity index is 1130. The number of nitrogens with zero attached hydrogens (tertiary/aromatic N) is 1. The van der Waals surface area contributed by atoms with Crippen molar-refractivity contribution in [3.8, 4) is 0 Å². The van der Waals surface area contributed by atoms with E-state index >= 15 is 0 Å². The first-order valence-electron chi connectivity index (χ1n) is 10.1. The van der Waals surface area contributed by atoms with Crippen molar-refractivity contribution in [2.45, 2.75) is 32.5 Å². The van der Waals surface area contributed by atoms with Gasteiger partial charge in [0.2, 0.25) is 0 Å². The molecule has 0 bridgehead atoms. The summed E-state index contributed by atoms with van der Waals surface area (Å²) in [6.07, 6.45) is 1.59. The average molecular weight is 457 g/mol. The number of aromatic nitrogens is 1. The number of anilines is 1. The number of hydrogen-bond acceptors (Lipinski definition) is 6. The minimum atomic E-state index is -0.951. The summed E-state index contributed by atoms with van der Waals surface area (Å²) in [7, 11) is -0.365. The minimum Gasteiger partial charge on any atom is -0.404 e. The van der Waals surface area contributed by atoms with E-state index in [1.54, 1.807) is 29.7 Å². The van der Waals surface area contributed by atoms with E-state index in [0.717, 1.165) is 21.8 Å². The van der Waals surface area contributed by atoms with Gasteiger partial charge in [0.1, 0.15) is 5.82 Å². The third-order valence-electron chi connectivity index (χ3n) is 4.84. The normalized spacial score (nSPS) is 15.1. The number of thiophene rings is 1. The second-order valence-corrected chi connectivity index (χ2v) is 9.21. The van der Waals surface area contributed by atoms with E-state index in [2.05, 4.69) is 15.6 Å². The Kier molecular flexibility index (Phi) is 6.54. The summed E-state index contributed by atoms with van der Waals surface area (Å²) in [5, 5.41) is 5.90. The highest BCUT2D eigenvalue weighted by molar-refractivity contribution is 7.22. The summed E-state index contributed by atoms with van der Waals surface area (Å²) in [6.45, 7) is 5.06. The van der Waals surface area contributed by atoms with Gasteiger partial charge in [-0.05, 0) is 49.7 Å². The van der Waals surface area contributed by atoms with Crippen molar-refractivity contribution in [2.75, 3.05) is 11.9 Å². The third kappa shape index (κ3) is 5.32. The molecule has 10 heteroatoms. The summed E-state index contributed by atoms with van der Waals surface area (Å²) in [5.74, 6) is -1.81. The van der Waals surface area contributed by atoms with Crippen molar-refractivity contribution >= 4 is 35.0 Å². The molecule has 0 radical (unpaired) electrons. The third-order valence-corrected chi connectivity index (χ3v) is 5.95. The fourth-order valence-electron chi connectivity index (χ4n) is 3.22. The molecule has 0 saturated carbocycles. The monoisotopic (exact) mass is 457 g/mol. The highest BCUT2D eigenvalue weighted by Gasteiger charge is 2.39. The maximum absolute atomic E-state index is 13.4. The van der Waals surface area contributed by atoms with Crippen molar-refractivity contribution in [3.05, 3.63) is 76.3 Å². The van der Waals surface area contributed by atoms with Gasteiger partial charge in [-0.15, -0.1) is 11.3 Å². The van der Waals surface area contributed by atoms with Crippen molar-refractivity contribution in [2.24, 2.45) is 0 Å². The number of hydrogen-bond donors (Lipinski definition) is 2. The second-order valence-electron chi connectivity index (χ2n) is 8.01. The van der Waals surface area contributed by atoms with Crippen LogP contribution < -0.4 is 15.4 Å². The van der Waals surface area contributed by atoms with E-state index < -0.39 is 11.6 Å². The molecule has 6 nitrogen and oxygen atoms in total. The fraction of sp³-hybridized carbons (Fsp3) is 0.273. The predicted molar refractivity (Wildman–Crippen MR) is 120 cm³/mol. The first kappa shape index (κ1) is 22.4. The van der Waals surface area contributed by atoms with Gasteiger partial charge in [-0.3, -0.25) is 4.79 Å². The number of pyridine rings is 1. The molecule has 2 aromatic heterocycles. The standard InChI is InChI=1S/C22H22BF2N3O3S/c1-22(2)13-30-23(31-22)19-8-6-15(32-19)12-27-20-16(4-3-9-26-20)21(29)28-11-14-5-7-17(24)18(25)10-14/h3-10H,11-13H2,1-2H3,(H,26,27)(H,28,29). The lowest BCUT2D eigenvalue weighted by Crippen LogP contribution is -2.32. The van der Waals surface area contributed by atoms with Gasteiger partial charge in [-0.1, -0.05) is 12.1 Å². The first-order valence-corrected chi connectivity index (χ1v) is 10.9. The maximum atomic E-state index is 13.4. The van der Waals surface area contributed by atoms with Crippen LogP contribution in [0.15, 0.2) is 48.7 Å². The second kappa shape index (κ2) is 9.36. The van der Waals surface area contributed by atoms with Crippen LogP contribution in [0.4, 0.5) is 14.6 Å². The molecule has 1 amide bonds. The fourth-order valence-corrected chi connectivity index (χ4v) is 4.15. The van der Waals surface area contributed by atoms with E-state index in [-0.39, 0.29) is 25.2 Å². The molecule has 1 saturated heterocycles. The Balaban J connectivity index is 1.37. The van der Waals surface area contributed by atoms with E-state index in [1.165, 1.54) is 6.07 Å². The van der Waals surface area contributed by atoms with Crippen LogP contribution in [0.25, 0.3) is 0 Å². The summed E-state index contributed by atoms with van der Waals surface area (Å²) in [5.41, 5.74) is 0.514. The van der Waals surface area contributed by atoms with Gasteiger partial charge >= 0.3 is 7.12 Å². The molecule has 0 spiro atoms. The van der Waals surface area contributed by atoms with E-state index in [9.17, 15) is 13.6 Å². The van der Waals surface area contributed by atoms with Crippen LogP contribution in [-0.4, -0.2) is 30.2 Å². The molecule has 0 atom stereocenters. The molecule has 2 N–H and O–H groups in total. The molecule has 3 aromatic rings. The van der Waals surface area contributed by atoms with Gasteiger partial charge in [0.15, 0.2) is 11.6 Å². The van der Waals surface area contributed by atoms with Crippen LogP contribution in [-0.2, 0) is 22.4 Å². The van der Waals surface area contributed by atoms with Crippen molar-refractivity contribution in [1.82, 2.24) is 10.3 Å². The summed E-state index contributed by atoms with van der Waals surface area (Å²) >= 11 is 1.57. The Hall–Kier alpha value is -2.82. The predicted octanol–water partition coefficient (Wildman–Crippen LogP) is 3.48. The highest BCUT2D eigenvalue weighted by atomic mass is 32.1. The maximum Gasteiger partial charge on any atom is 0.505 e. The van der Waals surface area contributed by atoms with Gasteiger partial charge < -0.3 is 19.9 Å². The van der Waals surface area contributed by atoms with Crippen molar-refractivity contribution < 1.29 is 22.9 Å². The number of carbonyl (C=O) groups excluding carboxylic acids is 1. The quantitative estimate of drug-likeness (QED) is 0.532. The molecular formula is C22H22BF2N3O3S. The number of benzene rings is 1. The topological polar surface area (TPSA) is 72.5 Å². The van der Waals surface area contributed by atoms with Gasteiger partial charge in [0.05, 0.1) is 24.3 Å². The van der Waals surface area contributed by atoms with Gasteiger partial charge in [0, 0.05) is 22.4 Å². The highest BCUT2D eigenvalue weighted by Crippen LogP contribution is 2.22. The Morgan fingerprint density at radius 3 is 2.78 bits per heavy atom. The van der Waals surface area contributed by atoms with Crippen LogP contribution in [0.2, 0.25) is 0 Å². The minimum absolute atomic E-state index is 0.0659. The van der Waals surface area contributed by atoms with Crippen LogP contribution in [0.1, 0.15) is 34.6 Å². The molecule has 4 rings (SSSR count). The molecule has 1 aliphatic rings. The van der Waals surface area contributed by atoms with Crippen LogP contribution >= 0.6 is 11.3 Å². The molecular weight excluding hydrogens is 435 g/mol. The van der Waals surface area contributed by atoms with Gasteiger partial charge in [0.25, 0.3) is 5.91 Å². The molecule has 1 aromatic carbocycles. The van der Waals surface area contributed by atoms with Crippen LogP contribution in [0.5, 0.6) is 0 Å². The Morgan fingerprint density at radius 2 is 2.03 bits per heavy atom. The van der Waals surface area contributed by atoms with Crippen molar-refractivity contribution in [1.29, 1.82) is 0 Å². The lowest BCUT2D eigenvalue weighted by Gasteiger charge is -2.14. The van der Waals surface area contributed by atoms with E-state index in [0.29, 0.717) is 30.1 Å². The number of amides is 1. The first-order chi connectivity index (χ1) is 15.3. The zero-order valence-corrected chi connectivity index (χ0v) is 18.5. The molecule has 1 fully saturated rings. The van der Waals surface area contributed by atoms with E-state index in [4.69, 9.17) is 9.31 Å². The number of carbonyl (C=O) groups is 1. The summed E-state index contributed by atoms with van der Waals surface area (Å²) < 4.78 is 39.0. The molecule has 0 unspecified atom stereocenters. The van der Waals surface area contributed by atoms with Gasteiger partial charge in [-0.25, -0.2) is 13.8 Å². The summed E-state index contributed by atoms with van der Waals surface area (Å²) in [4.78, 5) is 18.0. The zero-order chi connectivity index (χ0) is 22.7. The number of halogens is 2.